The maximum Gasteiger partial charge on any atom is 0.310 e. The number of carboxylic acid groups (broad SMARTS) is 1. The number of hydrogen-bond donors (Lipinski definition) is 1. The third kappa shape index (κ3) is 3.36. The molecule has 3 aromatic rings. The Morgan fingerprint density at radius 1 is 1.16 bits per heavy atom. The van der Waals surface area contributed by atoms with E-state index in [-0.39, 0.29) is 5.28 Å². The van der Waals surface area contributed by atoms with Crippen LogP contribution in [0.1, 0.15) is 24.1 Å². The molecule has 3 rings (SSSR count). The number of halogens is 2. The van der Waals surface area contributed by atoms with Gasteiger partial charge in [-0.2, -0.15) is 5.10 Å². The fourth-order valence-corrected chi connectivity index (χ4v) is 2.89. The molecule has 0 fully saturated rings. The molecule has 0 aliphatic heterocycles. The van der Waals surface area contributed by atoms with Crippen LogP contribution in [0.5, 0.6) is 0 Å². The Hall–Kier alpha value is -2.44. The van der Waals surface area contributed by atoms with E-state index >= 15 is 0 Å². The first-order chi connectivity index (χ1) is 11.9. The van der Waals surface area contributed by atoms with E-state index in [4.69, 9.17) is 23.2 Å². The van der Waals surface area contributed by atoms with Crippen molar-refractivity contribution in [2.75, 3.05) is 0 Å². The van der Waals surface area contributed by atoms with Gasteiger partial charge in [-0.3, -0.25) is 4.79 Å². The Morgan fingerprint density at radius 3 is 2.32 bits per heavy atom. The summed E-state index contributed by atoms with van der Waals surface area (Å²) in [5, 5.41) is 14.7. The number of carbonyl (C=O) groups is 1. The molecule has 1 aromatic carbocycles. The van der Waals surface area contributed by atoms with Crippen molar-refractivity contribution >= 4 is 29.2 Å². The SMILES string of the molecule is Cc1nn(-c2cnc(Cl)nc2)c(-c2ccc(Cl)cc2)c1C(C)C(=O)O. The summed E-state index contributed by atoms with van der Waals surface area (Å²) >= 11 is 11.7. The summed E-state index contributed by atoms with van der Waals surface area (Å²) in [6, 6.07) is 7.14. The van der Waals surface area contributed by atoms with Crippen LogP contribution in [0.25, 0.3) is 16.9 Å². The number of rotatable bonds is 4. The van der Waals surface area contributed by atoms with Crippen molar-refractivity contribution in [2.45, 2.75) is 19.8 Å². The molecule has 0 amide bonds. The molecular weight excluding hydrogens is 363 g/mol. The molecule has 1 atom stereocenters. The van der Waals surface area contributed by atoms with Crippen LogP contribution in [0.2, 0.25) is 10.3 Å². The van der Waals surface area contributed by atoms with E-state index in [1.165, 1.54) is 12.4 Å². The molecule has 0 aliphatic carbocycles. The van der Waals surface area contributed by atoms with E-state index in [0.29, 0.717) is 27.7 Å². The second-order valence-corrected chi connectivity index (χ2v) is 6.31. The van der Waals surface area contributed by atoms with Crippen molar-refractivity contribution in [3.63, 3.8) is 0 Å². The Kier molecular flexibility index (Phi) is 4.74. The third-order valence-electron chi connectivity index (χ3n) is 3.88. The van der Waals surface area contributed by atoms with Gasteiger partial charge in [-0.15, -0.1) is 0 Å². The second-order valence-electron chi connectivity index (χ2n) is 5.54. The summed E-state index contributed by atoms with van der Waals surface area (Å²) in [5.41, 5.74) is 3.29. The largest absolute Gasteiger partial charge is 0.481 e. The van der Waals surface area contributed by atoms with E-state index in [2.05, 4.69) is 15.1 Å². The fourth-order valence-electron chi connectivity index (χ4n) is 2.67. The summed E-state index contributed by atoms with van der Waals surface area (Å²) in [7, 11) is 0. The number of aromatic nitrogens is 4. The molecule has 1 unspecified atom stereocenters. The molecule has 2 aromatic heterocycles. The topological polar surface area (TPSA) is 80.9 Å². The van der Waals surface area contributed by atoms with Gasteiger partial charge in [0.15, 0.2) is 0 Å². The van der Waals surface area contributed by atoms with Crippen molar-refractivity contribution in [3.05, 3.63) is 58.2 Å². The van der Waals surface area contributed by atoms with E-state index in [9.17, 15) is 9.90 Å². The Bertz CT molecular complexity index is 921. The molecule has 0 radical (unpaired) electrons. The van der Waals surface area contributed by atoms with Crippen LogP contribution < -0.4 is 0 Å². The van der Waals surface area contributed by atoms with Crippen LogP contribution in [0, 0.1) is 6.92 Å². The van der Waals surface area contributed by atoms with Gasteiger partial charge in [0, 0.05) is 16.1 Å². The van der Waals surface area contributed by atoms with Crippen molar-refractivity contribution in [3.8, 4) is 16.9 Å². The minimum absolute atomic E-state index is 0.125. The molecule has 0 saturated carbocycles. The first kappa shape index (κ1) is 17.4. The molecule has 0 saturated heterocycles. The van der Waals surface area contributed by atoms with Crippen LogP contribution in [0.3, 0.4) is 0 Å². The van der Waals surface area contributed by atoms with Gasteiger partial charge in [-0.1, -0.05) is 23.7 Å². The van der Waals surface area contributed by atoms with Crippen molar-refractivity contribution in [1.29, 1.82) is 0 Å². The lowest BCUT2D eigenvalue weighted by atomic mass is 9.95. The quantitative estimate of drug-likeness (QED) is 0.692. The molecular formula is C17H14Cl2N4O2. The van der Waals surface area contributed by atoms with E-state index in [0.717, 1.165) is 5.56 Å². The van der Waals surface area contributed by atoms with Gasteiger partial charge >= 0.3 is 5.97 Å². The summed E-state index contributed by atoms with van der Waals surface area (Å²) in [6.07, 6.45) is 3.08. The monoisotopic (exact) mass is 376 g/mol. The molecule has 2 heterocycles. The average molecular weight is 377 g/mol. The first-order valence-electron chi connectivity index (χ1n) is 7.44. The van der Waals surface area contributed by atoms with Gasteiger partial charge in [0.1, 0.15) is 5.69 Å². The summed E-state index contributed by atoms with van der Waals surface area (Å²) in [5.74, 6) is -1.65. The van der Waals surface area contributed by atoms with Gasteiger partial charge in [0.05, 0.1) is 29.7 Å². The number of nitrogens with zero attached hydrogens (tertiary/aromatic N) is 4. The zero-order valence-electron chi connectivity index (χ0n) is 13.4. The van der Waals surface area contributed by atoms with Crippen LogP contribution in [-0.2, 0) is 4.79 Å². The van der Waals surface area contributed by atoms with Gasteiger partial charge in [0.2, 0.25) is 5.28 Å². The number of carboxylic acids is 1. The normalized spacial score (nSPS) is 12.2. The average Bonchev–Trinajstić information content (AvgIpc) is 2.92. The molecule has 1 N–H and O–H groups in total. The zero-order chi connectivity index (χ0) is 18.1. The van der Waals surface area contributed by atoms with E-state index in [1.807, 2.05) is 12.1 Å². The molecule has 25 heavy (non-hydrogen) atoms. The molecule has 8 heteroatoms. The molecule has 6 nitrogen and oxygen atoms in total. The lowest BCUT2D eigenvalue weighted by Crippen LogP contribution is -2.10. The predicted molar refractivity (Wildman–Crippen MR) is 95.4 cm³/mol. The van der Waals surface area contributed by atoms with Crippen LogP contribution in [0.15, 0.2) is 36.7 Å². The third-order valence-corrected chi connectivity index (χ3v) is 4.33. The van der Waals surface area contributed by atoms with Gasteiger partial charge < -0.3 is 5.11 Å². The Balaban J connectivity index is 2.28. The predicted octanol–water partition coefficient (Wildman–Crippen LogP) is 4.13. The molecule has 0 aliphatic rings. The van der Waals surface area contributed by atoms with Crippen molar-refractivity contribution < 1.29 is 9.90 Å². The number of benzene rings is 1. The maximum absolute atomic E-state index is 11.6. The highest BCUT2D eigenvalue weighted by Crippen LogP contribution is 2.34. The van der Waals surface area contributed by atoms with Crippen molar-refractivity contribution in [2.24, 2.45) is 0 Å². The van der Waals surface area contributed by atoms with Crippen LogP contribution >= 0.6 is 23.2 Å². The molecule has 0 spiro atoms. The van der Waals surface area contributed by atoms with Gasteiger partial charge in [0.25, 0.3) is 0 Å². The summed E-state index contributed by atoms with van der Waals surface area (Å²) in [4.78, 5) is 19.5. The number of hydrogen-bond acceptors (Lipinski definition) is 4. The Labute approximate surface area is 154 Å². The van der Waals surface area contributed by atoms with Crippen LogP contribution in [0.4, 0.5) is 0 Å². The summed E-state index contributed by atoms with van der Waals surface area (Å²) < 4.78 is 1.63. The highest BCUT2D eigenvalue weighted by molar-refractivity contribution is 6.30. The fraction of sp³-hybridized carbons (Fsp3) is 0.176. The zero-order valence-corrected chi connectivity index (χ0v) is 15.0. The smallest absolute Gasteiger partial charge is 0.310 e. The van der Waals surface area contributed by atoms with E-state index in [1.54, 1.807) is 30.7 Å². The standard InChI is InChI=1S/C17H14Cl2N4O2/c1-9(16(24)25)14-10(2)22-23(13-7-20-17(19)21-8-13)15(14)11-3-5-12(18)6-4-11/h3-9H,1-2H3,(H,24,25). The number of aryl methyl sites for hydroxylation is 1. The lowest BCUT2D eigenvalue weighted by molar-refractivity contribution is -0.138. The van der Waals surface area contributed by atoms with E-state index < -0.39 is 11.9 Å². The first-order valence-corrected chi connectivity index (χ1v) is 8.20. The highest BCUT2D eigenvalue weighted by atomic mass is 35.5. The highest BCUT2D eigenvalue weighted by Gasteiger charge is 2.26. The van der Waals surface area contributed by atoms with Gasteiger partial charge in [-0.25, -0.2) is 14.6 Å². The summed E-state index contributed by atoms with van der Waals surface area (Å²) in [6.45, 7) is 3.41. The minimum Gasteiger partial charge on any atom is -0.481 e. The Morgan fingerprint density at radius 2 is 1.76 bits per heavy atom. The molecule has 0 bridgehead atoms. The van der Waals surface area contributed by atoms with Crippen molar-refractivity contribution in [1.82, 2.24) is 19.7 Å². The number of aliphatic carboxylic acids is 1. The minimum atomic E-state index is -0.926. The van der Waals surface area contributed by atoms with Gasteiger partial charge in [-0.05, 0) is 37.6 Å². The lowest BCUT2D eigenvalue weighted by Gasteiger charge is -2.12. The maximum atomic E-state index is 11.6. The molecule has 128 valence electrons. The second kappa shape index (κ2) is 6.82. The van der Waals surface area contributed by atoms with Crippen LogP contribution in [-0.4, -0.2) is 30.8 Å².